The minimum atomic E-state index is -1.96. The second-order valence-corrected chi connectivity index (χ2v) is 1.36. The van der Waals surface area contributed by atoms with Gasteiger partial charge in [-0.25, -0.2) is 4.39 Å². The van der Waals surface area contributed by atoms with E-state index in [-0.39, 0.29) is 0 Å². The molecule has 0 aliphatic heterocycles. The smallest absolute Gasteiger partial charge is 0.217 e. The highest BCUT2D eigenvalue weighted by atomic mass is 19.1. The summed E-state index contributed by atoms with van der Waals surface area (Å²) in [7, 11) is 0. The van der Waals surface area contributed by atoms with Gasteiger partial charge in [-0.3, -0.25) is 0 Å². The number of rotatable bonds is 3. The molecular weight excluding hydrogens is 135 g/mol. The lowest BCUT2D eigenvalue weighted by atomic mass is 10.6. The summed E-state index contributed by atoms with van der Waals surface area (Å²) in [4.78, 5) is 0. The van der Waals surface area contributed by atoms with Crippen LogP contribution in [0.4, 0.5) is 4.39 Å². The van der Waals surface area contributed by atoms with Crippen LogP contribution < -0.4 is 5.32 Å². The Kier molecular flexibility index (Phi) is 5.01. The van der Waals surface area contributed by atoms with Gasteiger partial charge in [0.15, 0.2) is 0 Å². The molecule has 0 saturated heterocycles. The van der Waals surface area contributed by atoms with Gasteiger partial charge in [0.2, 0.25) is 6.36 Å². The van der Waals surface area contributed by atoms with Gasteiger partial charge in [0, 0.05) is 18.5 Å². The summed E-state index contributed by atoms with van der Waals surface area (Å²) in [6.07, 6.45) is 2.65. The summed E-state index contributed by atoms with van der Waals surface area (Å²) in [5, 5.41) is 18.4. The van der Waals surface area contributed by atoms with Gasteiger partial charge in [0.25, 0.3) is 0 Å². The van der Waals surface area contributed by atoms with Gasteiger partial charge in [-0.1, -0.05) is 0 Å². The molecule has 0 saturated carbocycles. The first-order valence-electron chi connectivity index (χ1n) is 2.57. The van der Waals surface area contributed by atoms with Crippen LogP contribution in [-0.2, 0) is 0 Å². The number of hydrogen-bond donors (Lipinski definition) is 2. The molecule has 0 fully saturated rings. The fourth-order valence-electron chi connectivity index (χ4n) is 0.276. The number of nitriles is 1. The van der Waals surface area contributed by atoms with E-state index in [1.165, 1.54) is 18.5 Å². The fourth-order valence-corrected chi connectivity index (χ4v) is 0.276. The average Bonchev–Trinajstić information content (AvgIpc) is 1.87. The molecule has 0 bridgehead atoms. The second kappa shape index (κ2) is 5.79. The molecule has 54 valence electrons. The number of hydrogen-bond acceptors (Lipinski definition) is 3. The van der Waals surface area contributed by atoms with E-state index in [4.69, 9.17) is 10.4 Å². The third-order valence-electron chi connectivity index (χ3n) is 0.605. The summed E-state index contributed by atoms with van der Waals surface area (Å²) in [6.45, 7) is 0. The summed E-state index contributed by atoms with van der Waals surface area (Å²) >= 11 is 0. The van der Waals surface area contributed by atoms with Crippen LogP contribution in [0.5, 0.6) is 0 Å². The lowest BCUT2D eigenvalue weighted by molar-refractivity contribution is 0.0880. The highest BCUT2D eigenvalue weighted by Gasteiger charge is 1.85. The number of halogens is 1. The molecule has 1 unspecified atom stereocenters. The Morgan fingerprint density at radius 1 is 1.60 bits per heavy atom. The normalized spacial score (nSPS) is 13.7. The van der Waals surface area contributed by atoms with Crippen LogP contribution in [0.25, 0.3) is 0 Å². The first-order valence-corrected chi connectivity index (χ1v) is 2.57. The average molecular weight is 142 g/mol. The van der Waals surface area contributed by atoms with Gasteiger partial charge in [0.05, 0.1) is 6.07 Å². The van der Waals surface area contributed by atoms with Crippen LogP contribution in [0.3, 0.4) is 0 Å². The minimum Gasteiger partial charge on any atom is -0.367 e. The Morgan fingerprint density at radius 2 is 2.30 bits per heavy atom. The first-order chi connectivity index (χ1) is 4.77. The largest absolute Gasteiger partial charge is 0.367 e. The molecule has 0 radical (unpaired) electrons. The van der Waals surface area contributed by atoms with Crippen molar-refractivity contribution < 1.29 is 9.50 Å². The molecule has 4 heteroatoms. The first kappa shape index (κ1) is 8.66. The SMILES string of the molecule is N#C/C=C/N/C=C/C(O)F. The highest BCUT2D eigenvalue weighted by molar-refractivity contribution is 5.02. The molecule has 3 nitrogen and oxygen atoms in total. The summed E-state index contributed by atoms with van der Waals surface area (Å²) in [6, 6.07) is 1.72. The second-order valence-electron chi connectivity index (χ2n) is 1.36. The van der Waals surface area contributed by atoms with Gasteiger partial charge >= 0.3 is 0 Å². The number of nitrogens with one attached hydrogen (secondary N) is 1. The maximum atomic E-state index is 11.6. The fraction of sp³-hybridized carbons (Fsp3) is 0.167. The highest BCUT2D eigenvalue weighted by Crippen LogP contribution is 1.82. The number of nitrogens with zero attached hydrogens (tertiary/aromatic N) is 1. The van der Waals surface area contributed by atoms with E-state index in [1.54, 1.807) is 6.07 Å². The van der Waals surface area contributed by atoms with Crippen molar-refractivity contribution in [3.05, 3.63) is 24.6 Å². The summed E-state index contributed by atoms with van der Waals surface area (Å²) < 4.78 is 11.6. The maximum absolute atomic E-state index is 11.6. The van der Waals surface area contributed by atoms with Crippen molar-refractivity contribution in [1.29, 1.82) is 5.26 Å². The lowest BCUT2D eigenvalue weighted by Gasteiger charge is -1.88. The van der Waals surface area contributed by atoms with Crippen LogP contribution in [-0.4, -0.2) is 11.5 Å². The van der Waals surface area contributed by atoms with Gasteiger partial charge in [-0.05, 0) is 6.08 Å². The zero-order chi connectivity index (χ0) is 7.82. The van der Waals surface area contributed by atoms with Crippen molar-refractivity contribution in [2.24, 2.45) is 0 Å². The molecule has 0 amide bonds. The Balaban J connectivity index is 3.38. The Morgan fingerprint density at radius 3 is 2.80 bits per heavy atom. The minimum absolute atomic E-state index is 0.904. The molecule has 2 N–H and O–H groups in total. The molecule has 0 aromatic rings. The Bertz CT molecular complexity index is 169. The zero-order valence-electron chi connectivity index (χ0n) is 5.16. The molecule has 0 aromatic heterocycles. The standard InChI is InChI=1S/C6H7FN2O/c7-6(10)2-5-9-4-1-3-8/h1-2,4-6,9-10H/b4-1+,5-2+. The van der Waals surface area contributed by atoms with E-state index in [9.17, 15) is 4.39 Å². The number of aliphatic hydroxyl groups is 1. The van der Waals surface area contributed by atoms with Gasteiger partial charge in [-0.2, -0.15) is 5.26 Å². The van der Waals surface area contributed by atoms with E-state index in [2.05, 4.69) is 5.32 Å². The molecule has 1 atom stereocenters. The molecule has 0 aromatic carbocycles. The van der Waals surface area contributed by atoms with Crippen molar-refractivity contribution in [1.82, 2.24) is 5.32 Å². The third kappa shape index (κ3) is 6.66. The number of alkyl halides is 1. The van der Waals surface area contributed by atoms with Crippen molar-refractivity contribution in [2.45, 2.75) is 6.36 Å². The van der Waals surface area contributed by atoms with Crippen molar-refractivity contribution in [3.8, 4) is 6.07 Å². The lowest BCUT2D eigenvalue weighted by Crippen LogP contribution is -1.96. The molecular formula is C6H7FN2O. The Hall–Kier alpha value is -1.34. The van der Waals surface area contributed by atoms with Crippen LogP contribution in [0.2, 0.25) is 0 Å². The van der Waals surface area contributed by atoms with E-state index in [0.717, 1.165) is 6.08 Å². The molecule has 10 heavy (non-hydrogen) atoms. The van der Waals surface area contributed by atoms with Crippen LogP contribution in [0.1, 0.15) is 0 Å². The molecule has 0 aliphatic carbocycles. The van der Waals surface area contributed by atoms with Crippen LogP contribution >= 0.6 is 0 Å². The summed E-state index contributed by atoms with van der Waals surface area (Å²) in [5.74, 6) is 0. The maximum Gasteiger partial charge on any atom is 0.217 e. The third-order valence-corrected chi connectivity index (χ3v) is 0.605. The monoisotopic (exact) mass is 142 g/mol. The zero-order valence-corrected chi connectivity index (χ0v) is 5.16. The van der Waals surface area contributed by atoms with Crippen LogP contribution in [0, 0.1) is 11.3 Å². The molecule has 0 heterocycles. The Labute approximate surface area is 58.1 Å². The van der Waals surface area contributed by atoms with E-state index in [1.807, 2.05) is 0 Å². The van der Waals surface area contributed by atoms with E-state index < -0.39 is 6.36 Å². The van der Waals surface area contributed by atoms with Gasteiger partial charge in [-0.15, -0.1) is 0 Å². The summed E-state index contributed by atoms with van der Waals surface area (Å²) in [5.41, 5.74) is 0. The predicted octanol–water partition coefficient (Wildman–Crippen LogP) is 0.415. The van der Waals surface area contributed by atoms with Gasteiger partial charge in [0.1, 0.15) is 0 Å². The molecule has 0 aliphatic rings. The van der Waals surface area contributed by atoms with E-state index >= 15 is 0 Å². The molecule has 0 spiro atoms. The van der Waals surface area contributed by atoms with Crippen molar-refractivity contribution >= 4 is 0 Å². The van der Waals surface area contributed by atoms with Crippen LogP contribution in [0.15, 0.2) is 24.6 Å². The van der Waals surface area contributed by atoms with E-state index in [0.29, 0.717) is 0 Å². The van der Waals surface area contributed by atoms with Crippen molar-refractivity contribution in [2.75, 3.05) is 0 Å². The topological polar surface area (TPSA) is 56.0 Å². The van der Waals surface area contributed by atoms with Gasteiger partial charge < -0.3 is 10.4 Å². The predicted molar refractivity (Wildman–Crippen MR) is 34.1 cm³/mol. The van der Waals surface area contributed by atoms with Crippen molar-refractivity contribution in [3.63, 3.8) is 0 Å². The quantitative estimate of drug-likeness (QED) is 0.561. The molecule has 0 rings (SSSR count). The number of aliphatic hydroxyl groups excluding tert-OH is 1. The number of allylic oxidation sites excluding steroid dienone is 1.